The molecule has 174 valence electrons. The van der Waals surface area contributed by atoms with Crippen molar-refractivity contribution in [1.29, 1.82) is 0 Å². The fraction of sp³-hybridized carbons (Fsp3) is 0.179. The largest absolute Gasteiger partial charge is 0.317 e. The van der Waals surface area contributed by atoms with Crippen LogP contribution in [0.5, 0.6) is 0 Å². The molecule has 1 saturated heterocycles. The minimum absolute atomic E-state index is 0.283. The van der Waals surface area contributed by atoms with E-state index in [4.69, 9.17) is 10.1 Å². The monoisotopic (exact) mass is 467 g/mol. The van der Waals surface area contributed by atoms with Crippen molar-refractivity contribution in [3.63, 3.8) is 0 Å². The van der Waals surface area contributed by atoms with Crippen molar-refractivity contribution in [3.8, 4) is 33.5 Å². The molecule has 1 aliphatic heterocycles. The lowest BCUT2D eigenvalue weighted by atomic mass is 9.89. The first-order valence-corrected chi connectivity index (χ1v) is 11.7. The molecule has 1 aliphatic rings. The van der Waals surface area contributed by atoms with Crippen LogP contribution in [-0.2, 0) is 0 Å². The maximum Gasteiger partial charge on any atom is 0.182 e. The smallest absolute Gasteiger partial charge is 0.182 e. The SMILES string of the molecule is Fc1ccc(-c2nc3nn(C4CCNCC4)cc3c(-c3ccc(F)cc3)c2-c2ccncc2)cc1. The van der Waals surface area contributed by atoms with Crippen molar-refractivity contribution in [2.24, 2.45) is 0 Å². The third-order valence-electron chi connectivity index (χ3n) is 6.59. The second kappa shape index (κ2) is 9.00. The van der Waals surface area contributed by atoms with E-state index in [1.165, 1.54) is 24.3 Å². The van der Waals surface area contributed by atoms with Crippen molar-refractivity contribution in [2.75, 3.05) is 13.1 Å². The normalized spacial score (nSPS) is 14.5. The summed E-state index contributed by atoms with van der Waals surface area (Å²) in [7, 11) is 0. The lowest BCUT2D eigenvalue weighted by Gasteiger charge is -2.22. The van der Waals surface area contributed by atoms with Crippen LogP contribution in [0.3, 0.4) is 0 Å². The van der Waals surface area contributed by atoms with Crippen molar-refractivity contribution in [1.82, 2.24) is 25.1 Å². The summed E-state index contributed by atoms with van der Waals surface area (Å²) in [5, 5.41) is 9.19. The highest BCUT2D eigenvalue weighted by atomic mass is 19.1. The van der Waals surface area contributed by atoms with Gasteiger partial charge in [0.15, 0.2) is 5.65 Å². The summed E-state index contributed by atoms with van der Waals surface area (Å²) in [6.45, 7) is 1.89. The second-order valence-corrected chi connectivity index (χ2v) is 8.79. The first-order chi connectivity index (χ1) is 17.2. The fourth-order valence-electron chi connectivity index (χ4n) is 4.85. The zero-order valence-corrected chi connectivity index (χ0v) is 19.0. The summed E-state index contributed by atoms with van der Waals surface area (Å²) in [6, 6.07) is 17.0. The van der Waals surface area contributed by atoms with E-state index >= 15 is 0 Å². The lowest BCUT2D eigenvalue weighted by Crippen LogP contribution is -2.29. The Hall–Kier alpha value is -3.97. The quantitative estimate of drug-likeness (QED) is 0.351. The van der Waals surface area contributed by atoms with E-state index in [0.29, 0.717) is 11.3 Å². The van der Waals surface area contributed by atoms with E-state index in [1.54, 1.807) is 36.7 Å². The number of pyridine rings is 2. The van der Waals surface area contributed by atoms with Gasteiger partial charge < -0.3 is 5.32 Å². The number of nitrogens with one attached hydrogen (secondary N) is 1. The molecule has 0 amide bonds. The Balaban J connectivity index is 1.69. The highest BCUT2D eigenvalue weighted by molar-refractivity contribution is 6.05. The molecule has 6 rings (SSSR count). The van der Waals surface area contributed by atoms with Gasteiger partial charge in [-0.1, -0.05) is 12.1 Å². The molecule has 0 saturated carbocycles. The number of benzene rings is 2. The minimum Gasteiger partial charge on any atom is -0.317 e. The van der Waals surface area contributed by atoms with E-state index in [2.05, 4.69) is 16.5 Å². The number of aromatic nitrogens is 4. The molecule has 3 aromatic heterocycles. The zero-order valence-electron chi connectivity index (χ0n) is 19.0. The van der Waals surface area contributed by atoms with E-state index in [-0.39, 0.29) is 17.7 Å². The molecule has 0 aliphatic carbocycles. The molecule has 7 heteroatoms. The van der Waals surface area contributed by atoms with Gasteiger partial charge in [-0.3, -0.25) is 9.67 Å². The number of hydrogen-bond acceptors (Lipinski definition) is 4. The highest BCUT2D eigenvalue weighted by Crippen LogP contribution is 2.43. The summed E-state index contributed by atoms with van der Waals surface area (Å²) in [5.41, 5.74) is 5.66. The average molecular weight is 468 g/mol. The van der Waals surface area contributed by atoms with Gasteiger partial charge in [0.05, 0.1) is 11.7 Å². The molecular weight excluding hydrogens is 444 g/mol. The predicted octanol–water partition coefficient (Wildman–Crippen LogP) is 6.03. The Kier molecular flexibility index (Phi) is 5.54. The molecule has 0 bridgehead atoms. The van der Waals surface area contributed by atoms with Crippen molar-refractivity contribution in [3.05, 3.63) is 90.9 Å². The van der Waals surface area contributed by atoms with E-state index < -0.39 is 0 Å². The lowest BCUT2D eigenvalue weighted by molar-refractivity contribution is 0.344. The van der Waals surface area contributed by atoms with Crippen molar-refractivity contribution in [2.45, 2.75) is 18.9 Å². The van der Waals surface area contributed by atoms with Gasteiger partial charge in [0.1, 0.15) is 11.6 Å². The molecule has 35 heavy (non-hydrogen) atoms. The van der Waals surface area contributed by atoms with Crippen LogP contribution < -0.4 is 5.32 Å². The van der Waals surface area contributed by atoms with Crippen LogP contribution in [0.4, 0.5) is 8.78 Å². The summed E-state index contributed by atoms with van der Waals surface area (Å²) in [6.07, 6.45) is 7.52. The molecule has 5 nitrogen and oxygen atoms in total. The van der Waals surface area contributed by atoms with Crippen molar-refractivity contribution >= 4 is 11.0 Å². The molecule has 2 aromatic carbocycles. The third-order valence-corrected chi connectivity index (χ3v) is 6.59. The van der Waals surface area contributed by atoms with Gasteiger partial charge in [0.2, 0.25) is 0 Å². The number of hydrogen-bond donors (Lipinski definition) is 1. The van der Waals surface area contributed by atoms with Gasteiger partial charge in [-0.2, -0.15) is 5.10 Å². The van der Waals surface area contributed by atoms with Gasteiger partial charge in [0, 0.05) is 40.7 Å². The van der Waals surface area contributed by atoms with Crippen LogP contribution in [0.15, 0.2) is 79.3 Å². The second-order valence-electron chi connectivity index (χ2n) is 8.79. The first-order valence-electron chi connectivity index (χ1n) is 11.7. The van der Waals surface area contributed by atoms with E-state index in [0.717, 1.165) is 59.1 Å². The molecule has 0 spiro atoms. The number of rotatable bonds is 4. The third kappa shape index (κ3) is 4.08. The Morgan fingerprint density at radius 2 is 1.34 bits per heavy atom. The molecule has 4 heterocycles. The molecule has 1 fully saturated rings. The highest BCUT2D eigenvalue weighted by Gasteiger charge is 2.24. The zero-order chi connectivity index (χ0) is 23.8. The minimum atomic E-state index is -0.311. The Morgan fingerprint density at radius 1 is 0.743 bits per heavy atom. The molecule has 5 aromatic rings. The Labute approximate surface area is 201 Å². The standard InChI is InChI=1S/C28H23F2N5/c29-21-5-1-18(2-6-21)25-24-17-35(23-11-15-32-16-12-23)34-28(24)33-27(20-3-7-22(30)8-4-20)26(25)19-9-13-31-14-10-19/h1-10,13-14,17,23,32H,11-12,15-16H2. The van der Waals surface area contributed by atoms with Gasteiger partial charge in [0.25, 0.3) is 0 Å². The van der Waals surface area contributed by atoms with Crippen LogP contribution in [0.25, 0.3) is 44.5 Å². The summed E-state index contributed by atoms with van der Waals surface area (Å²) in [5.74, 6) is -0.608. The average Bonchev–Trinajstić information content (AvgIpc) is 3.34. The number of fused-ring (bicyclic) bond motifs is 1. The summed E-state index contributed by atoms with van der Waals surface area (Å²) < 4.78 is 29.7. The maximum atomic E-state index is 13.9. The molecule has 0 radical (unpaired) electrons. The van der Waals surface area contributed by atoms with Crippen LogP contribution in [0, 0.1) is 11.6 Å². The summed E-state index contributed by atoms with van der Waals surface area (Å²) in [4.78, 5) is 9.19. The van der Waals surface area contributed by atoms with Crippen LogP contribution in [-0.4, -0.2) is 32.8 Å². The number of nitrogens with zero attached hydrogens (tertiary/aromatic N) is 4. The first kappa shape index (κ1) is 21.6. The Morgan fingerprint density at radius 3 is 2.00 bits per heavy atom. The van der Waals surface area contributed by atoms with E-state index in [9.17, 15) is 8.78 Å². The fourth-order valence-corrected chi connectivity index (χ4v) is 4.85. The molecular formula is C28H23F2N5. The van der Waals surface area contributed by atoms with Crippen LogP contribution >= 0.6 is 0 Å². The number of halogens is 2. The Bertz CT molecular complexity index is 1470. The van der Waals surface area contributed by atoms with Crippen LogP contribution in [0.2, 0.25) is 0 Å². The van der Waals surface area contributed by atoms with Gasteiger partial charge in [-0.15, -0.1) is 0 Å². The summed E-state index contributed by atoms with van der Waals surface area (Å²) >= 11 is 0. The van der Waals surface area contributed by atoms with Gasteiger partial charge >= 0.3 is 0 Å². The van der Waals surface area contributed by atoms with Crippen molar-refractivity contribution < 1.29 is 8.78 Å². The molecule has 1 N–H and O–H groups in total. The van der Waals surface area contributed by atoms with E-state index in [1.807, 2.05) is 16.8 Å². The topological polar surface area (TPSA) is 55.6 Å². The molecule has 0 unspecified atom stereocenters. The van der Waals surface area contributed by atoms with Gasteiger partial charge in [-0.05, 0) is 85.6 Å². The molecule has 0 atom stereocenters. The van der Waals surface area contributed by atoms with Gasteiger partial charge in [-0.25, -0.2) is 13.8 Å². The maximum absolute atomic E-state index is 13.9. The van der Waals surface area contributed by atoms with Crippen LogP contribution in [0.1, 0.15) is 18.9 Å². The predicted molar refractivity (Wildman–Crippen MR) is 133 cm³/mol. The number of piperidine rings is 1.